The van der Waals surface area contributed by atoms with E-state index in [4.69, 9.17) is 0 Å². The summed E-state index contributed by atoms with van der Waals surface area (Å²) in [6, 6.07) is 10.4. The Balaban J connectivity index is 1.46. The first-order chi connectivity index (χ1) is 13.2. The van der Waals surface area contributed by atoms with Crippen LogP contribution < -0.4 is 15.5 Å². The number of nitrogens with one attached hydrogen (secondary N) is 2. The van der Waals surface area contributed by atoms with Crippen LogP contribution in [0.1, 0.15) is 35.8 Å². The molecule has 27 heavy (non-hydrogen) atoms. The van der Waals surface area contributed by atoms with Gasteiger partial charge in [-0.2, -0.15) is 0 Å². The van der Waals surface area contributed by atoms with Gasteiger partial charge in [0.25, 0.3) is 0 Å². The molecular weight excluding hydrogens is 358 g/mol. The third-order valence-corrected chi connectivity index (χ3v) is 5.64. The Bertz CT molecular complexity index is 774. The molecule has 3 rings (SSSR count). The second kappa shape index (κ2) is 9.55. The monoisotopic (exact) mass is 385 g/mol. The molecule has 1 aliphatic heterocycles. The molecule has 0 fully saturated rings. The van der Waals surface area contributed by atoms with E-state index in [9.17, 15) is 9.59 Å². The van der Waals surface area contributed by atoms with E-state index < -0.39 is 11.8 Å². The van der Waals surface area contributed by atoms with Crippen molar-refractivity contribution in [2.24, 2.45) is 0 Å². The number of thiophene rings is 1. The lowest BCUT2D eigenvalue weighted by Crippen LogP contribution is -2.40. The first-order valence-corrected chi connectivity index (χ1v) is 10.5. The van der Waals surface area contributed by atoms with Crippen LogP contribution in [0.25, 0.3) is 0 Å². The summed E-state index contributed by atoms with van der Waals surface area (Å²) in [5.41, 5.74) is 3.95. The van der Waals surface area contributed by atoms with E-state index in [0.717, 1.165) is 37.2 Å². The summed E-state index contributed by atoms with van der Waals surface area (Å²) in [5.74, 6) is -1.15. The molecule has 0 atom stereocenters. The highest BCUT2D eigenvalue weighted by Gasteiger charge is 2.17. The minimum atomic E-state index is -0.580. The van der Waals surface area contributed by atoms with E-state index in [1.165, 1.54) is 23.2 Å². The van der Waals surface area contributed by atoms with Gasteiger partial charge in [0.15, 0.2) is 0 Å². The number of hydrogen-bond acceptors (Lipinski definition) is 4. The number of rotatable bonds is 7. The van der Waals surface area contributed by atoms with Gasteiger partial charge >= 0.3 is 11.8 Å². The summed E-state index contributed by atoms with van der Waals surface area (Å²) in [6.45, 7) is 5.30. The molecule has 0 saturated heterocycles. The van der Waals surface area contributed by atoms with E-state index in [2.05, 4.69) is 40.7 Å². The number of nitrogens with zero attached hydrogens (tertiary/aromatic N) is 1. The third-order valence-electron chi connectivity index (χ3n) is 4.76. The predicted molar refractivity (Wildman–Crippen MR) is 110 cm³/mol. The van der Waals surface area contributed by atoms with Crippen LogP contribution in [0.15, 0.2) is 35.7 Å². The lowest BCUT2D eigenvalue weighted by molar-refractivity contribution is -0.139. The molecule has 0 saturated carbocycles. The summed E-state index contributed by atoms with van der Waals surface area (Å²) in [7, 11) is 0. The van der Waals surface area contributed by atoms with Gasteiger partial charge in [-0.25, -0.2) is 0 Å². The van der Waals surface area contributed by atoms with Crippen LogP contribution in [-0.4, -0.2) is 31.4 Å². The van der Waals surface area contributed by atoms with E-state index in [1.807, 2.05) is 17.5 Å². The van der Waals surface area contributed by atoms with Crippen molar-refractivity contribution in [2.75, 3.05) is 24.5 Å². The quantitative estimate of drug-likeness (QED) is 0.721. The SMILES string of the molecule is CCCN1CCCc2cc(CCNC(=O)C(=O)NCc3cccs3)ccc21. The van der Waals surface area contributed by atoms with E-state index in [-0.39, 0.29) is 0 Å². The molecular formula is C21H27N3O2S. The number of amides is 2. The molecule has 0 bridgehead atoms. The Labute approximate surface area is 164 Å². The number of fused-ring (bicyclic) bond motifs is 1. The zero-order valence-corrected chi connectivity index (χ0v) is 16.6. The molecule has 5 nitrogen and oxygen atoms in total. The largest absolute Gasteiger partial charge is 0.371 e. The van der Waals surface area contributed by atoms with Gasteiger partial charge in [0.2, 0.25) is 0 Å². The van der Waals surface area contributed by atoms with Gasteiger partial charge < -0.3 is 15.5 Å². The van der Waals surface area contributed by atoms with Crippen molar-refractivity contribution in [3.05, 3.63) is 51.7 Å². The zero-order valence-electron chi connectivity index (χ0n) is 15.8. The van der Waals surface area contributed by atoms with Gasteiger partial charge in [-0.1, -0.05) is 25.1 Å². The van der Waals surface area contributed by atoms with Crippen LogP contribution in [-0.2, 0) is 29.0 Å². The Morgan fingerprint density at radius 2 is 2.04 bits per heavy atom. The van der Waals surface area contributed by atoms with E-state index in [0.29, 0.717) is 13.1 Å². The number of anilines is 1. The normalized spacial score (nSPS) is 13.1. The standard InChI is InChI=1S/C21H27N3O2S/c1-2-11-24-12-3-5-17-14-16(7-8-19(17)24)9-10-22-20(25)21(26)23-15-18-6-4-13-27-18/h4,6-8,13-14H,2-3,5,9-12,15H2,1H3,(H,22,25)(H,23,26). The summed E-state index contributed by atoms with van der Waals surface area (Å²) >= 11 is 1.56. The number of benzene rings is 1. The first-order valence-electron chi connectivity index (χ1n) is 9.62. The molecule has 0 unspecified atom stereocenters. The fourth-order valence-electron chi connectivity index (χ4n) is 3.45. The molecule has 2 aromatic rings. The molecule has 0 radical (unpaired) electrons. The first kappa shape index (κ1) is 19.4. The Morgan fingerprint density at radius 1 is 1.19 bits per heavy atom. The summed E-state index contributed by atoms with van der Waals surface area (Å²) in [6.07, 6.45) is 4.19. The fourth-order valence-corrected chi connectivity index (χ4v) is 4.09. The fraction of sp³-hybridized carbons (Fsp3) is 0.429. The number of hydrogen-bond donors (Lipinski definition) is 2. The Kier molecular flexibility index (Phi) is 6.87. The van der Waals surface area contributed by atoms with Crippen molar-refractivity contribution in [3.63, 3.8) is 0 Å². The summed E-state index contributed by atoms with van der Waals surface area (Å²) in [5, 5.41) is 7.30. The molecule has 6 heteroatoms. The Hall–Kier alpha value is -2.34. The molecule has 1 aromatic heterocycles. The molecule has 0 aliphatic carbocycles. The highest BCUT2D eigenvalue weighted by atomic mass is 32.1. The highest BCUT2D eigenvalue weighted by Crippen LogP contribution is 2.28. The zero-order chi connectivity index (χ0) is 19.1. The molecule has 144 valence electrons. The van der Waals surface area contributed by atoms with Gasteiger partial charge in [-0.15, -0.1) is 11.3 Å². The maximum atomic E-state index is 11.9. The number of aryl methyl sites for hydroxylation is 1. The smallest absolute Gasteiger partial charge is 0.309 e. The van der Waals surface area contributed by atoms with Crippen LogP contribution in [0, 0.1) is 0 Å². The van der Waals surface area contributed by atoms with Crippen LogP contribution in [0.5, 0.6) is 0 Å². The van der Waals surface area contributed by atoms with Gasteiger partial charge in [0.05, 0.1) is 6.54 Å². The van der Waals surface area contributed by atoms with Crippen molar-refractivity contribution in [1.29, 1.82) is 0 Å². The average molecular weight is 386 g/mol. The minimum absolute atomic E-state index is 0.392. The minimum Gasteiger partial charge on any atom is -0.371 e. The van der Waals surface area contributed by atoms with Gasteiger partial charge in [0.1, 0.15) is 0 Å². The van der Waals surface area contributed by atoms with Gasteiger partial charge in [-0.3, -0.25) is 9.59 Å². The molecule has 2 amide bonds. The van der Waals surface area contributed by atoms with Crippen molar-refractivity contribution in [1.82, 2.24) is 10.6 Å². The third kappa shape index (κ3) is 5.32. The summed E-state index contributed by atoms with van der Waals surface area (Å²) < 4.78 is 0. The van der Waals surface area contributed by atoms with E-state index >= 15 is 0 Å². The van der Waals surface area contributed by atoms with Crippen molar-refractivity contribution in [3.8, 4) is 0 Å². The second-order valence-electron chi connectivity index (χ2n) is 6.82. The molecule has 0 spiro atoms. The van der Waals surface area contributed by atoms with Crippen molar-refractivity contribution < 1.29 is 9.59 Å². The lowest BCUT2D eigenvalue weighted by Gasteiger charge is -2.31. The predicted octanol–water partition coefficient (Wildman–Crippen LogP) is 2.89. The maximum Gasteiger partial charge on any atom is 0.309 e. The lowest BCUT2D eigenvalue weighted by atomic mass is 9.98. The number of carbonyl (C=O) groups excluding carboxylic acids is 2. The van der Waals surface area contributed by atoms with Crippen molar-refractivity contribution >= 4 is 28.8 Å². The molecule has 1 aliphatic rings. The van der Waals surface area contributed by atoms with Gasteiger partial charge in [-0.05, 0) is 54.3 Å². The van der Waals surface area contributed by atoms with Crippen molar-refractivity contribution in [2.45, 2.75) is 39.2 Å². The van der Waals surface area contributed by atoms with Gasteiger partial charge in [0, 0.05) is 30.2 Å². The molecule has 1 aromatic carbocycles. The van der Waals surface area contributed by atoms with Crippen LogP contribution >= 0.6 is 11.3 Å². The molecule has 2 heterocycles. The van der Waals surface area contributed by atoms with E-state index in [1.54, 1.807) is 11.3 Å². The topological polar surface area (TPSA) is 61.4 Å². The molecule has 2 N–H and O–H groups in total. The van der Waals surface area contributed by atoms with Crippen LogP contribution in [0.4, 0.5) is 5.69 Å². The van der Waals surface area contributed by atoms with Crippen LogP contribution in [0.3, 0.4) is 0 Å². The second-order valence-corrected chi connectivity index (χ2v) is 7.85. The Morgan fingerprint density at radius 3 is 2.81 bits per heavy atom. The maximum absolute atomic E-state index is 11.9. The highest BCUT2D eigenvalue weighted by molar-refractivity contribution is 7.09. The average Bonchev–Trinajstić information content (AvgIpc) is 3.20. The summed E-state index contributed by atoms with van der Waals surface area (Å²) in [4.78, 5) is 27.3. The van der Waals surface area contributed by atoms with Crippen LogP contribution in [0.2, 0.25) is 0 Å². The number of carbonyl (C=O) groups is 2.